The Morgan fingerprint density at radius 2 is 2.11 bits per heavy atom. The Kier molecular flexibility index (Phi) is 7.63. The third kappa shape index (κ3) is 5.97. The van der Waals surface area contributed by atoms with E-state index < -0.39 is 0 Å². The highest BCUT2D eigenvalue weighted by Crippen LogP contribution is 2.20. The molecule has 3 N–H and O–H groups in total. The van der Waals surface area contributed by atoms with Gasteiger partial charge in [-0.05, 0) is 25.5 Å². The van der Waals surface area contributed by atoms with Crippen molar-refractivity contribution in [3.63, 3.8) is 0 Å². The molecule has 8 heteroatoms. The number of thioether (sulfide) groups is 1. The molecule has 2 aromatic rings. The highest BCUT2D eigenvalue weighted by molar-refractivity contribution is 7.99. The Labute approximate surface area is 162 Å². The molecule has 0 bridgehead atoms. The second kappa shape index (κ2) is 9.94. The molecule has 0 aliphatic carbocycles. The quantitative estimate of drug-likeness (QED) is 0.451. The molecular weight excluding hydrogens is 364 g/mol. The lowest BCUT2D eigenvalue weighted by Crippen LogP contribution is -2.28. The van der Waals surface area contributed by atoms with Crippen molar-refractivity contribution in [3.05, 3.63) is 53.9 Å². The number of anilines is 1. The summed E-state index contributed by atoms with van der Waals surface area (Å²) in [5.41, 5.74) is 3.42. The number of aromatic nitrogens is 2. The van der Waals surface area contributed by atoms with Crippen LogP contribution in [0, 0.1) is 13.8 Å². The number of nitrogens with one attached hydrogen (secondary N) is 2. The lowest BCUT2D eigenvalue weighted by Gasteiger charge is -2.11. The number of imidazole rings is 1. The van der Waals surface area contributed by atoms with Crippen molar-refractivity contribution in [2.24, 2.45) is 0 Å². The van der Waals surface area contributed by atoms with Crippen LogP contribution in [0.5, 0.6) is 0 Å². The summed E-state index contributed by atoms with van der Waals surface area (Å²) in [5, 5.41) is 15.5. The molecule has 0 aliphatic rings. The van der Waals surface area contributed by atoms with E-state index >= 15 is 0 Å². The molecule has 0 atom stereocenters. The minimum absolute atomic E-state index is 0.0186. The minimum Gasteiger partial charge on any atom is -0.390 e. The van der Waals surface area contributed by atoms with Gasteiger partial charge < -0.3 is 20.3 Å². The molecule has 1 aromatic heterocycles. The van der Waals surface area contributed by atoms with Crippen molar-refractivity contribution in [2.45, 2.75) is 32.2 Å². The number of aliphatic hydroxyl groups excluding tert-OH is 1. The van der Waals surface area contributed by atoms with Crippen molar-refractivity contribution in [1.29, 1.82) is 0 Å². The van der Waals surface area contributed by atoms with Gasteiger partial charge in [-0.3, -0.25) is 9.59 Å². The number of hydrogen-bond acceptors (Lipinski definition) is 5. The summed E-state index contributed by atoms with van der Waals surface area (Å²) in [7, 11) is 0. The molecule has 7 nitrogen and oxygen atoms in total. The number of aliphatic hydroxyl groups is 1. The Bertz CT molecular complexity index is 832. The van der Waals surface area contributed by atoms with E-state index in [1.165, 1.54) is 18.0 Å². The average molecular weight is 388 g/mol. The summed E-state index contributed by atoms with van der Waals surface area (Å²) in [6.45, 7) is 7.64. The van der Waals surface area contributed by atoms with Crippen molar-refractivity contribution >= 4 is 29.3 Å². The molecule has 0 fully saturated rings. The van der Waals surface area contributed by atoms with E-state index in [1.807, 2.05) is 32.0 Å². The van der Waals surface area contributed by atoms with Crippen LogP contribution in [-0.2, 0) is 22.7 Å². The average Bonchev–Trinajstić information content (AvgIpc) is 3.02. The third-order valence-corrected chi connectivity index (χ3v) is 4.79. The van der Waals surface area contributed by atoms with Crippen molar-refractivity contribution < 1.29 is 14.7 Å². The van der Waals surface area contributed by atoms with Gasteiger partial charge in [-0.15, -0.1) is 6.58 Å². The summed E-state index contributed by atoms with van der Waals surface area (Å²) in [6.07, 6.45) is 3.09. The number of amides is 2. The molecule has 0 saturated heterocycles. The number of aryl methyl sites for hydroxylation is 2. The highest BCUT2D eigenvalue weighted by atomic mass is 32.2. The van der Waals surface area contributed by atoms with Crippen LogP contribution in [-0.4, -0.2) is 38.8 Å². The number of rotatable bonds is 9. The van der Waals surface area contributed by atoms with Crippen LogP contribution in [0.2, 0.25) is 0 Å². The van der Waals surface area contributed by atoms with Gasteiger partial charge in [0.1, 0.15) is 6.54 Å². The summed E-state index contributed by atoms with van der Waals surface area (Å²) in [5.74, 6) is -0.240. The molecule has 0 aliphatic heterocycles. The molecule has 0 spiro atoms. The smallest absolute Gasteiger partial charge is 0.240 e. The van der Waals surface area contributed by atoms with E-state index in [-0.39, 0.29) is 30.7 Å². The molecule has 27 heavy (non-hydrogen) atoms. The van der Waals surface area contributed by atoms with Gasteiger partial charge in [0.05, 0.1) is 24.3 Å². The maximum Gasteiger partial charge on any atom is 0.240 e. The van der Waals surface area contributed by atoms with E-state index in [1.54, 1.807) is 10.6 Å². The van der Waals surface area contributed by atoms with Gasteiger partial charge in [-0.25, -0.2) is 4.98 Å². The maximum atomic E-state index is 12.3. The first-order valence-electron chi connectivity index (χ1n) is 8.47. The van der Waals surface area contributed by atoms with Gasteiger partial charge in [0.15, 0.2) is 5.16 Å². The predicted octanol–water partition coefficient (Wildman–Crippen LogP) is 2.03. The van der Waals surface area contributed by atoms with Gasteiger partial charge in [0.25, 0.3) is 0 Å². The molecular formula is C19H24N4O3S. The topological polar surface area (TPSA) is 96.2 Å². The van der Waals surface area contributed by atoms with Gasteiger partial charge in [-0.2, -0.15) is 0 Å². The minimum atomic E-state index is -0.239. The van der Waals surface area contributed by atoms with Crippen LogP contribution >= 0.6 is 11.8 Å². The van der Waals surface area contributed by atoms with Crippen LogP contribution < -0.4 is 10.6 Å². The van der Waals surface area contributed by atoms with Gasteiger partial charge >= 0.3 is 0 Å². The van der Waals surface area contributed by atoms with Gasteiger partial charge in [0, 0.05) is 12.2 Å². The first-order chi connectivity index (χ1) is 12.9. The summed E-state index contributed by atoms with van der Waals surface area (Å²) in [4.78, 5) is 28.4. The molecule has 0 radical (unpaired) electrons. The zero-order chi connectivity index (χ0) is 19.8. The van der Waals surface area contributed by atoms with E-state index in [4.69, 9.17) is 0 Å². The van der Waals surface area contributed by atoms with Crippen LogP contribution in [0.15, 0.2) is 42.2 Å². The summed E-state index contributed by atoms with van der Waals surface area (Å²) in [6, 6.07) is 5.82. The van der Waals surface area contributed by atoms with E-state index in [0.29, 0.717) is 17.4 Å². The first-order valence-corrected chi connectivity index (χ1v) is 9.46. The third-order valence-electron chi connectivity index (χ3n) is 3.80. The number of hydrogen-bond donors (Lipinski definition) is 3. The first kappa shape index (κ1) is 20.7. The van der Waals surface area contributed by atoms with Crippen LogP contribution in [0.4, 0.5) is 5.69 Å². The van der Waals surface area contributed by atoms with Crippen molar-refractivity contribution in [1.82, 2.24) is 14.9 Å². The van der Waals surface area contributed by atoms with E-state index in [2.05, 4.69) is 22.2 Å². The molecule has 1 aromatic carbocycles. The fraction of sp³-hybridized carbons (Fsp3) is 0.316. The Hall–Kier alpha value is -2.58. The lowest BCUT2D eigenvalue weighted by atomic mass is 10.1. The molecule has 2 rings (SSSR count). The van der Waals surface area contributed by atoms with Crippen LogP contribution in [0.25, 0.3) is 0 Å². The predicted molar refractivity (Wildman–Crippen MR) is 107 cm³/mol. The lowest BCUT2D eigenvalue weighted by molar-refractivity contribution is -0.121. The Morgan fingerprint density at radius 1 is 1.33 bits per heavy atom. The summed E-state index contributed by atoms with van der Waals surface area (Å²) < 4.78 is 1.60. The monoisotopic (exact) mass is 388 g/mol. The number of carbonyl (C=O) groups excluding carboxylic acids is 2. The fourth-order valence-electron chi connectivity index (χ4n) is 2.46. The largest absolute Gasteiger partial charge is 0.390 e. The molecule has 144 valence electrons. The normalized spacial score (nSPS) is 10.5. The van der Waals surface area contributed by atoms with Crippen molar-refractivity contribution in [3.8, 4) is 0 Å². The zero-order valence-corrected chi connectivity index (χ0v) is 16.3. The van der Waals surface area contributed by atoms with E-state index in [9.17, 15) is 14.7 Å². The van der Waals surface area contributed by atoms with Crippen LogP contribution in [0.1, 0.15) is 16.8 Å². The van der Waals surface area contributed by atoms with Crippen LogP contribution in [0.3, 0.4) is 0 Å². The number of nitrogens with zero attached hydrogens (tertiary/aromatic N) is 2. The van der Waals surface area contributed by atoms with E-state index in [0.717, 1.165) is 16.8 Å². The highest BCUT2D eigenvalue weighted by Gasteiger charge is 2.15. The SMILES string of the molecule is C=CCNC(=O)Cn1c(CO)cnc1SCC(=O)Nc1ccc(C)cc1C. The molecule has 0 saturated carbocycles. The molecule has 1 heterocycles. The maximum absolute atomic E-state index is 12.3. The number of benzene rings is 1. The zero-order valence-electron chi connectivity index (χ0n) is 15.5. The Morgan fingerprint density at radius 3 is 2.78 bits per heavy atom. The Balaban J connectivity index is 2.00. The second-order valence-electron chi connectivity index (χ2n) is 6.02. The van der Waals surface area contributed by atoms with Gasteiger partial charge in [-0.1, -0.05) is 35.5 Å². The standard InChI is InChI=1S/C19H24N4O3S/c1-4-7-20-17(25)10-23-15(11-24)9-21-19(23)27-12-18(26)22-16-6-5-13(2)8-14(16)3/h4-6,8-9,24H,1,7,10-12H2,2-3H3,(H,20,25)(H,22,26). The number of carbonyl (C=O) groups is 2. The summed E-state index contributed by atoms with van der Waals surface area (Å²) >= 11 is 1.21. The molecule has 0 unspecified atom stereocenters. The fourth-order valence-corrected chi connectivity index (χ4v) is 3.26. The van der Waals surface area contributed by atoms with Gasteiger partial charge in [0.2, 0.25) is 11.8 Å². The van der Waals surface area contributed by atoms with Crippen molar-refractivity contribution in [2.75, 3.05) is 17.6 Å². The second-order valence-corrected chi connectivity index (χ2v) is 6.97. The molecule has 2 amide bonds.